The van der Waals surface area contributed by atoms with Crippen molar-refractivity contribution < 1.29 is 27.4 Å². The second-order valence-electron chi connectivity index (χ2n) is 8.99. The summed E-state index contributed by atoms with van der Waals surface area (Å²) in [5.74, 6) is 1.60. The van der Waals surface area contributed by atoms with E-state index < -0.39 is 15.6 Å². The van der Waals surface area contributed by atoms with Gasteiger partial charge in [-0.15, -0.1) is 0 Å². The largest absolute Gasteiger partial charge is 0.455 e. The lowest BCUT2D eigenvalue weighted by Gasteiger charge is -2.32. The number of allylic oxidation sites excluding steroid dienone is 1. The van der Waals surface area contributed by atoms with E-state index in [-0.39, 0.29) is 4.90 Å². The van der Waals surface area contributed by atoms with Crippen molar-refractivity contribution in [1.29, 1.82) is 0 Å². The van der Waals surface area contributed by atoms with Crippen molar-refractivity contribution >= 4 is 15.8 Å². The first-order valence-corrected chi connectivity index (χ1v) is 13.6. The Labute approximate surface area is 220 Å². The minimum Gasteiger partial charge on any atom is -0.455 e. The molecule has 3 heterocycles. The summed E-state index contributed by atoms with van der Waals surface area (Å²) in [6.07, 6.45) is 7.87. The summed E-state index contributed by atoms with van der Waals surface area (Å²) < 4.78 is 40.5. The smallest absolute Gasteiger partial charge is 0.238 e. The van der Waals surface area contributed by atoms with Crippen LogP contribution in [0.2, 0.25) is 0 Å². The summed E-state index contributed by atoms with van der Waals surface area (Å²) >= 11 is 0. The molecule has 0 aliphatic carbocycles. The van der Waals surface area contributed by atoms with Crippen molar-refractivity contribution in [2.45, 2.75) is 29.8 Å². The molecule has 0 atom stereocenters. The second kappa shape index (κ2) is 10.9. The van der Waals surface area contributed by atoms with Gasteiger partial charge in [0.2, 0.25) is 10.0 Å². The van der Waals surface area contributed by atoms with Crippen LogP contribution in [0.5, 0.6) is 5.75 Å². The van der Waals surface area contributed by atoms with Crippen molar-refractivity contribution in [3.63, 3.8) is 0 Å². The SMILES string of the molecule is NS(=O)(=O)c1ccc(-c2ocnc2C/C=C(\Oc2cncc(C3(O)CCOCC3)c2)c2ccccc2)cc1. The minimum atomic E-state index is -3.79. The van der Waals surface area contributed by atoms with Crippen LogP contribution in [0, 0.1) is 0 Å². The highest BCUT2D eigenvalue weighted by atomic mass is 32.2. The van der Waals surface area contributed by atoms with Gasteiger partial charge in [0.05, 0.1) is 22.4 Å². The van der Waals surface area contributed by atoms with Crippen LogP contribution in [0.1, 0.15) is 29.7 Å². The maximum atomic E-state index is 11.6. The van der Waals surface area contributed by atoms with Gasteiger partial charge in [0.1, 0.15) is 11.5 Å². The Kier molecular flexibility index (Phi) is 7.39. The number of rotatable bonds is 8. The van der Waals surface area contributed by atoms with Gasteiger partial charge < -0.3 is 19.0 Å². The fourth-order valence-electron chi connectivity index (χ4n) is 4.31. The zero-order valence-corrected chi connectivity index (χ0v) is 21.3. The molecule has 1 aliphatic heterocycles. The number of hydrogen-bond acceptors (Lipinski definition) is 8. The van der Waals surface area contributed by atoms with Crippen molar-refractivity contribution in [2.75, 3.05) is 13.2 Å². The predicted octanol–water partition coefficient (Wildman–Crippen LogP) is 4.04. The van der Waals surface area contributed by atoms with Crippen molar-refractivity contribution in [1.82, 2.24) is 9.97 Å². The lowest BCUT2D eigenvalue weighted by atomic mass is 9.87. The number of nitrogens with zero attached hydrogens (tertiary/aromatic N) is 2. The Morgan fingerprint density at radius 1 is 1.08 bits per heavy atom. The Morgan fingerprint density at radius 3 is 2.53 bits per heavy atom. The summed E-state index contributed by atoms with van der Waals surface area (Å²) in [6.45, 7) is 0.975. The molecule has 0 amide bonds. The van der Waals surface area contributed by atoms with Crippen LogP contribution in [0.4, 0.5) is 0 Å². The number of pyridine rings is 1. The molecule has 9 nitrogen and oxygen atoms in total. The Morgan fingerprint density at radius 2 is 1.82 bits per heavy atom. The average Bonchev–Trinajstić information content (AvgIpc) is 3.40. The number of ether oxygens (including phenoxy) is 2. The third-order valence-electron chi connectivity index (χ3n) is 6.42. The first-order valence-electron chi connectivity index (χ1n) is 12.1. The summed E-state index contributed by atoms with van der Waals surface area (Å²) in [6, 6.07) is 17.5. The molecule has 0 bridgehead atoms. The van der Waals surface area contributed by atoms with E-state index in [2.05, 4.69) is 9.97 Å². The highest BCUT2D eigenvalue weighted by molar-refractivity contribution is 7.89. The Bertz CT molecular complexity index is 1530. The molecular weight excluding hydrogens is 506 g/mol. The van der Waals surface area contributed by atoms with Crippen LogP contribution >= 0.6 is 0 Å². The molecular formula is C28H27N3O6S. The number of nitrogens with two attached hydrogens (primary N) is 1. The molecule has 1 aliphatic rings. The van der Waals surface area contributed by atoms with Gasteiger partial charge in [-0.25, -0.2) is 18.5 Å². The van der Waals surface area contributed by atoms with Gasteiger partial charge in [-0.1, -0.05) is 30.3 Å². The van der Waals surface area contributed by atoms with Gasteiger partial charge >= 0.3 is 0 Å². The van der Waals surface area contributed by atoms with E-state index in [0.29, 0.717) is 66.6 Å². The van der Waals surface area contributed by atoms with Gasteiger partial charge in [0, 0.05) is 55.4 Å². The molecule has 3 N–H and O–H groups in total. The Balaban J connectivity index is 1.42. The molecule has 2 aromatic heterocycles. The molecule has 196 valence electrons. The van der Waals surface area contributed by atoms with Crippen LogP contribution in [-0.4, -0.2) is 36.7 Å². The third kappa shape index (κ3) is 5.84. The zero-order chi connectivity index (χ0) is 26.6. The molecule has 0 spiro atoms. The van der Waals surface area contributed by atoms with Gasteiger partial charge in [-0.2, -0.15) is 0 Å². The fraction of sp³-hybridized carbons (Fsp3) is 0.214. The molecule has 5 rings (SSSR count). The molecule has 38 heavy (non-hydrogen) atoms. The van der Waals surface area contributed by atoms with Crippen LogP contribution in [0.15, 0.2) is 94.8 Å². The first kappa shape index (κ1) is 25.8. The number of primary sulfonamides is 1. The van der Waals surface area contributed by atoms with Crippen LogP contribution in [-0.2, 0) is 26.8 Å². The van der Waals surface area contributed by atoms with E-state index in [0.717, 1.165) is 5.56 Å². The van der Waals surface area contributed by atoms with Crippen LogP contribution < -0.4 is 9.88 Å². The molecule has 2 aromatic carbocycles. The van der Waals surface area contributed by atoms with E-state index in [1.165, 1.54) is 18.5 Å². The molecule has 0 unspecified atom stereocenters. The number of aromatic nitrogens is 2. The second-order valence-corrected chi connectivity index (χ2v) is 10.6. The standard InChI is InChI=1S/C28H27N3O6S/c29-38(33,34)24-8-6-21(7-9-24)27-25(31-19-36-27)10-11-26(20-4-2-1-3-5-20)37-23-16-22(17-30-18-23)28(32)12-14-35-15-13-28/h1-9,11,16-19,32H,10,12-15H2,(H2,29,33,34)/b26-11-. The number of sulfonamides is 1. The third-order valence-corrected chi connectivity index (χ3v) is 7.35. The summed E-state index contributed by atoms with van der Waals surface area (Å²) in [5.41, 5.74) is 1.85. The minimum absolute atomic E-state index is 0.0169. The highest BCUT2D eigenvalue weighted by Crippen LogP contribution is 2.34. The normalized spacial score (nSPS) is 15.8. The average molecular weight is 534 g/mol. The summed E-state index contributed by atoms with van der Waals surface area (Å²) in [7, 11) is -3.79. The van der Waals surface area contributed by atoms with E-state index >= 15 is 0 Å². The molecule has 0 radical (unpaired) electrons. The first-order chi connectivity index (χ1) is 18.3. The summed E-state index contributed by atoms with van der Waals surface area (Å²) in [4.78, 5) is 8.68. The molecule has 1 saturated heterocycles. The van der Waals surface area contributed by atoms with Crippen molar-refractivity contribution in [3.05, 3.63) is 102 Å². The Hall–Kier alpha value is -3.83. The highest BCUT2D eigenvalue weighted by Gasteiger charge is 2.32. The monoisotopic (exact) mass is 533 g/mol. The van der Waals surface area contributed by atoms with Gasteiger partial charge in [0.15, 0.2) is 12.2 Å². The van der Waals surface area contributed by atoms with E-state index in [1.807, 2.05) is 42.5 Å². The molecule has 0 saturated carbocycles. The van der Waals surface area contributed by atoms with Gasteiger partial charge in [-0.3, -0.25) is 4.98 Å². The maximum absolute atomic E-state index is 11.6. The maximum Gasteiger partial charge on any atom is 0.238 e. The number of hydrogen-bond donors (Lipinski definition) is 2. The number of aliphatic hydroxyl groups is 1. The van der Waals surface area contributed by atoms with Crippen LogP contribution in [0.3, 0.4) is 0 Å². The molecule has 4 aromatic rings. The predicted molar refractivity (Wildman–Crippen MR) is 140 cm³/mol. The van der Waals surface area contributed by atoms with E-state index in [9.17, 15) is 13.5 Å². The number of oxazole rings is 1. The van der Waals surface area contributed by atoms with Gasteiger partial charge in [0.25, 0.3) is 0 Å². The van der Waals surface area contributed by atoms with Gasteiger partial charge in [-0.05, 0) is 36.4 Å². The quantitative estimate of drug-likeness (QED) is 0.324. The van der Waals surface area contributed by atoms with E-state index in [4.69, 9.17) is 19.0 Å². The molecule has 10 heteroatoms. The fourth-order valence-corrected chi connectivity index (χ4v) is 4.82. The molecule has 1 fully saturated rings. The number of benzene rings is 2. The van der Waals surface area contributed by atoms with E-state index in [1.54, 1.807) is 24.5 Å². The lowest BCUT2D eigenvalue weighted by molar-refractivity contribution is -0.0681. The lowest BCUT2D eigenvalue weighted by Crippen LogP contribution is -2.33. The van der Waals surface area contributed by atoms with Crippen molar-refractivity contribution in [3.8, 4) is 17.1 Å². The topological polar surface area (TPSA) is 138 Å². The zero-order valence-electron chi connectivity index (χ0n) is 20.5. The summed E-state index contributed by atoms with van der Waals surface area (Å²) in [5, 5.41) is 16.3. The van der Waals surface area contributed by atoms with Crippen molar-refractivity contribution in [2.24, 2.45) is 5.14 Å². The van der Waals surface area contributed by atoms with Crippen LogP contribution in [0.25, 0.3) is 17.1 Å².